The van der Waals surface area contributed by atoms with Gasteiger partial charge in [-0.1, -0.05) is 23.7 Å². The largest absolute Gasteiger partial charge is 0.465 e. The molecule has 0 spiro atoms. The highest BCUT2D eigenvalue weighted by molar-refractivity contribution is 6.30. The average molecular weight is 487 g/mol. The quantitative estimate of drug-likeness (QED) is 0.292. The number of nitrogens with two attached hydrogens (primary N) is 1. The van der Waals surface area contributed by atoms with E-state index in [1.54, 1.807) is 29.2 Å². The van der Waals surface area contributed by atoms with E-state index in [1.807, 2.05) is 27.7 Å². The average Bonchev–Trinajstić information content (AvgIpc) is 2.74. The molecule has 11 heteroatoms. The molecule has 2 unspecified atom stereocenters. The molecule has 0 radical (unpaired) electrons. The van der Waals surface area contributed by atoms with Gasteiger partial charge in [-0.3, -0.25) is 9.59 Å². The van der Waals surface area contributed by atoms with Crippen LogP contribution in [0.2, 0.25) is 5.02 Å². The maximum Gasteiger partial charge on any atom is 0.405 e. The van der Waals surface area contributed by atoms with Gasteiger partial charge in [0.25, 0.3) is 0 Å². The molecule has 1 aromatic carbocycles. The minimum absolute atomic E-state index is 0.145. The zero-order valence-electron chi connectivity index (χ0n) is 19.5. The predicted octanol–water partition coefficient (Wildman–Crippen LogP) is 1.60. The normalized spacial score (nSPS) is 13.0. The lowest BCUT2D eigenvalue weighted by Crippen LogP contribution is -2.58. The van der Waals surface area contributed by atoms with Gasteiger partial charge in [0.2, 0.25) is 11.8 Å². The maximum absolute atomic E-state index is 13.6. The molecule has 0 aliphatic rings. The van der Waals surface area contributed by atoms with Crippen molar-refractivity contribution in [3.05, 3.63) is 34.9 Å². The van der Waals surface area contributed by atoms with Gasteiger partial charge in [0.1, 0.15) is 12.1 Å². The van der Waals surface area contributed by atoms with E-state index in [-0.39, 0.29) is 31.5 Å². The number of ether oxygens (including phenoxy) is 2. The van der Waals surface area contributed by atoms with Crippen molar-refractivity contribution >= 4 is 29.5 Å². The van der Waals surface area contributed by atoms with Crippen LogP contribution in [-0.4, -0.2) is 78.6 Å². The number of carbonyl (C=O) groups excluding carboxylic acids is 2. The van der Waals surface area contributed by atoms with Gasteiger partial charge < -0.3 is 35.8 Å². The molecule has 2 atom stereocenters. The molecule has 3 amide bonds. The highest BCUT2D eigenvalue weighted by atomic mass is 35.5. The Morgan fingerprint density at radius 3 is 2.24 bits per heavy atom. The number of nitrogens with zero attached hydrogens (tertiary/aromatic N) is 1. The lowest BCUT2D eigenvalue weighted by Gasteiger charge is -2.34. The number of hydrogen-bond acceptors (Lipinski definition) is 6. The molecule has 0 heterocycles. The molecule has 0 aromatic heterocycles. The minimum atomic E-state index is -1.39. The molecular weight excluding hydrogens is 452 g/mol. The maximum atomic E-state index is 13.6. The van der Waals surface area contributed by atoms with Gasteiger partial charge in [0.05, 0.1) is 6.54 Å². The molecule has 33 heavy (non-hydrogen) atoms. The van der Waals surface area contributed by atoms with Gasteiger partial charge in [-0.2, -0.15) is 0 Å². The van der Waals surface area contributed by atoms with Crippen molar-refractivity contribution in [3.8, 4) is 0 Å². The van der Waals surface area contributed by atoms with Gasteiger partial charge >= 0.3 is 6.09 Å². The third-order valence-corrected chi connectivity index (χ3v) is 4.99. The fraction of sp³-hybridized carbons (Fsp3) is 0.591. The highest BCUT2D eigenvalue weighted by Gasteiger charge is 2.32. The Balaban J connectivity index is 3.20. The number of halogens is 1. The van der Waals surface area contributed by atoms with Crippen LogP contribution in [0.4, 0.5) is 4.79 Å². The van der Waals surface area contributed by atoms with Crippen LogP contribution >= 0.6 is 11.6 Å². The first kappa shape index (κ1) is 28.6. The first-order valence-corrected chi connectivity index (χ1v) is 11.3. The van der Waals surface area contributed by atoms with Crippen molar-refractivity contribution in [2.45, 2.75) is 58.5 Å². The second-order valence-corrected chi connectivity index (χ2v) is 7.99. The van der Waals surface area contributed by atoms with Gasteiger partial charge in [-0.15, -0.1) is 0 Å². The first-order chi connectivity index (χ1) is 15.6. The smallest absolute Gasteiger partial charge is 0.405 e. The van der Waals surface area contributed by atoms with Crippen molar-refractivity contribution in [2.75, 3.05) is 26.3 Å². The van der Waals surface area contributed by atoms with Crippen LogP contribution in [0.25, 0.3) is 0 Å². The molecule has 1 rings (SSSR count). The summed E-state index contributed by atoms with van der Waals surface area (Å²) in [6.45, 7) is 8.07. The first-order valence-electron chi connectivity index (χ1n) is 10.9. The molecule has 10 nitrogen and oxygen atoms in total. The monoisotopic (exact) mass is 486 g/mol. The van der Waals surface area contributed by atoms with Crippen molar-refractivity contribution in [1.82, 2.24) is 15.5 Å². The Morgan fingerprint density at radius 2 is 1.76 bits per heavy atom. The minimum Gasteiger partial charge on any atom is -0.465 e. The fourth-order valence-electron chi connectivity index (χ4n) is 3.19. The third kappa shape index (κ3) is 9.95. The second kappa shape index (κ2) is 14.7. The number of nitrogens with one attached hydrogen (secondary N) is 2. The molecule has 0 aliphatic heterocycles. The topological polar surface area (TPSA) is 143 Å². The van der Waals surface area contributed by atoms with Crippen LogP contribution in [0.5, 0.6) is 0 Å². The number of rotatable bonds is 14. The van der Waals surface area contributed by atoms with E-state index in [0.717, 1.165) is 5.56 Å². The molecular formula is C22H35ClN4O6. The standard InChI is InChI=1S/C22H35ClN4O6/c1-5-32-19(33-6-2)13-27(14(3)4)21(29)17(11-15-8-7-9-16(23)10-15)25-20(28)18(12-24)26-22(30)31/h7-10,14,17-19,26H,5-6,11-13,24H2,1-4H3,(H,25,28)(H,30,31). The Kier molecular flexibility index (Phi) is 12.7. The van der Waals surface area contributed by atoms with Gasteiger partial charge in [-0.25, -0.2) is 4.79 Å². The van der Waals surface area contributed by atoms with E-state index >= 15 is 0 Å². The summed E-state index contributed by atoms with van der Waals surface area (Å²) >= 11 is 6.09. The predicted molar refractivity (Wildman–Crippen MR) is 125 cm³/mol. The number of hydrogen-bond donors (Lipinski definition) is 4. The fourth-order valence-corrected chi connectivity index (χ4v) is 3.41. The molecule has 186 valence electrons. The van der Waals surface area contributed by atoms with Crippen LogP contribution < -0.4 is 16.4 Å². The van der Waals surface area contributed by atoms with Crippen LogP contribution in [0.3, 0.4) is 0 Å². The summed E-state index contributed by atoms with van der Waals surface area (Å²) in [6, 6.07) is 4.52. The zero-order valence-corrected chi connectivity index (χ0v) is 20.3. The molecule has 0 saturated heterocycles. The zero-order chi connectivity index (χ0) is 25.0. The van der Waals surface area contributed by atoms with Crippen molar-refractivity contribution < 1.29 is 29.0 Å². The Hall–Kier alpha value is -2.40. The van der Waals surface area contributed by atoms with Crippen molar-refractivity contribution in [2.24, 2.45) is 5.73 Å². The summed E-state index contributed by atoms with van der Waals surface area (Å²) < 4.78 is 11.2. The number of carboxylic acid groups (broad SMARTS) is 1. The number of benzene rings is 1. The lowest BCUT2D eigenvalue weighted by molar-refractivity contribution is -0.163. The van der Waals surface area contributed by atoms with E-state index in [2.05, 4.69) is 10.6 Å². The summed E-state index contributed by atoms with van der Waals surface area (Å²) in [5.74, 6) is -1.07. The molecule has 0 fully saturated rings. The number of amides is 3. The van der Waals surface area contributed by atoms with Gasteiger partial charge in [0.15, 0.2) is 6.29 Å². The summed E-state index contributed by atoms with van der Waals surface area (Å²) in [6.07, 6.45) is -1.87. The van der Waals surface area contributed by atoms with Crippen LogP contribution in [0.1, 0.15) is 33.3 Å². The van der Waals surface area contributed by atoms with Crippen LogP contribution in [0, 0.1) is 0 Å². The summed E-state index contributed by atoms with van der Waals surface area (Å²) in [5, 5.41) is 14.2. The van der Waals surface area contributed by atoms with Gasteiger partial charge in [-0.05, 0) is 45.4 Å². The van der Waals surface area contributed by atoms with Crippen LogP contribution in [0.15, 0.2) is 24.3 Å². The van der Waals surface area contributed by atoms with E-state index in [9.17, 15) is 14.4 Å². The Bertz CT molecular complexity index is 773. The second-order valence-electron chi connectivity index (χ2n) is 7.56. The van der Waals surface area contributed by atoms with Crippen molar-refractivity contribution in [3.63, 3.8) is 0 Å². The Labute approximate surface area is 199 Å². The molecule has 0 saturated carbocycles. The van der Waals surface area contributed by atoms with E-state index in [4.69, 9.17) is 31.9 Å². The molecule has 0 bridgehead atoms. The SMILES string of the molecule is CCOC(CN(C(=O)C(Cc1cccc(Cl)c1)NC(=O)C(CN)NC(=O)O)C(C)C)OCC. The Morgan fingerprint density at radius 1 is 1.12 bits per heavy atom. The van der Waals surface area contributed by atoms with Gasteiger partial charge in [0, 0.05) is 37.2 Å². The summed E-state index contributed by atoms with van der Waals surface area (Å²) in [7, 11) is 0. The third-order valence-electron chi connectivity index (χ3n) is 4.75. The molecule has 5 N–H and O–H groups in total. The molecule has 0 aliphatic carbocycles. The van der Waals surface area contributed by atoms with Crippen LogP contribution in [-0.2, 0) is 25.5 Å². The summed E-state index contributed by atoms with van der Waals surface area (Å²) in [4.78, 5) is 38.9. The van der Waals surface area contributed by atoms with E-state index < -0.39 is 30.4 Å². The number of carbonyl (C=O) groups is 3. The highest BCUT2D eigenvalue weighted by Crippen LogP contribution is 2.15. The van der Waals surface area contributed by atoms with Crippen molar-refractivity contribution in [1.29, 1.82) is 0 Å². The van der Waals surface area contributed by atoms with E-state index in [0.29, 0.717) is 18.2 Å². The molecule has 1 aromatic rings. The lowest BCUT2D eigenvalue weighted by atomic mass is 10.0. The summed E-state index contributed by atoms with van der Waals surface area (Å²) in [5.41, 5.74) is 6.28. The van der Waals surface area contributed by atoms with E-state index in [1.165, 1.54) is 0 Å².